The second kappa shape index (κ2) is 8.14. The van der Waals surface area contributed by atoms with Crippen molar-refractivity contribution < 1.29 is 14.1 Å². The van der Waals surface area contributed by atoms with Crippen LogP contribution in [0.1, 0.15) is 24.4 Å². The number of methoxy groups -OCH3 is 1. The number of nitro groups is 1. The van der Waals surface area contributed by atoms with E-state index in [4.69, 9.17) is 4.74 Å². The molecule has 1 fully saturated rings. The lowest BCUT2D eigenvalue weighted by atomic mass is 10.0. The topological polar surface area (TPSA) is 67.6 Å². The van der Waals surface area contributed by atoms with Crippen LogP contribution in [0.25, 0.3) is 0 Å². The predicted octanol–water partition coefficient (Wildman–Crippen LogP) is 3.99. The van der Waals surface area contributed by atoms with Gasteiger partial charge in [0, 0.05) is 12.1 Å². The molecule has 3 rings (SSSR count). The summed E-state index contributed by atoms with van der Waals surface area (Å²) in [4.78, 5) is 13.0. The first-order chi connectivity index (χ1) is 12.6. The lowest BCUT2D eigenvalue weighted by Gasteiger charge is -2.29. The number of halogens is 1. The van der Waals surface area contributed by atoms with Crippen molar-refractivity contribution in [2.24, 2.45) is 0 Å². The van der Waals surface area contributed by atoms with Gasteiger partial charge in [-0.15, -0.1) is 0 Å². The zero-order valence-corrected chi connectivity index (χ0v) is 14.7. The van der Waals surface area contributed by atoms with Crippen LogP contribution in [0.15, 0.2) is 42.5 Å². The van der Waals surface area contributed by atoms with Crippen LogP contribution < -0.4 is 10.1 Å². The molecule has 2 aromatic rings. The third kappa shape index (κ3) is 3.94. The fourth-order valence-electron chi connectivity index (χ4n) is 3.44. The van der Waals surface area contributed by atoms with Crippen molar-refractivity contribution in [3.05, 3.63) is 64.0 Å². The highest BCUT2D eigenvalue weighted by atomic mass is 19.1. The minimum Gasteiger partial charge on any atom is -0.496 e. The van der Waals surface area contributed by atoms with E-state index >= 15 is 0 Å². The van der Waals surface area contributed by atoms with Crippen LogP contribution in [0.3, 0.4) is 0 Å². The van der Waals surface area contributed by atoms with Crippen LogP contribution in [0.5, 0.6) is 5.75 Å². The van der Waals surface area contributed by atoms with E-state index in [1.807, 2.05) is 24.3 Å². The Labute approximate surface area is 151 Å². The zero-order chi connectivity index (χ0) is 18.5. The largest absolute Gasteiger partial charge is 0.496 e. The Morgan fingerprint density at radius 1 is 1.27 bits per heavy atom. The van der Waals surface area contributed by atoms with E-state index in [1.165, 1.54) is 12.1 Å². The molecule has 1 aliphatic rings. The minimum absolute atomic E-state index is 0.0123. The molecule has 0 radical (unpaired) electrons. The molecule has 0 bridgehead atoms. The molecule has 0 saturated carbocycles. The second-order valence-electron chi connectivity index (χ2n) is 6.30. The maximum Gasteiger partial charge on any atom is 0.295 e. The highest BCUT2D eigenvalue weighted by Gasteiger charge is 2.26. The Kier molecular flexibility index (Phi) is 5.68. The van der Waals surface area contributed by atoms with Gasteiger partial charge in [0.2, 0.25) is 0 Å². The van der Waals surface area contributed by atoms with Gasteiger partial charge in [0.1, 0.15) is 17.3 Å². The molecule has 138 valence electrons. The number of hydrogen-bond acceptors (Lipinski definition) is 5. The lowest BCUT2D eigenvalue weighted by molar-refractivity contribution is -0.384. The van der Waals surface area contributed by atoms with Crippen molar-refractivity contribution >= 4 is 11.4 Å². The average molecular weight is 359 g/mol. The number of hydrogen-bond donors (Lipinski definition) is 1. The fraction of sp³-hybridized carbons (Fsp3) is 0.368. The first kappa shape index (κ1) is 18.1. The first-order valence-corrected chi connectivity index (χ1v) is 8.65. The van der Waals surface area contributed by atoms with E-state index in [0.29, 0.717) is 12.2 Å². The summed E-state index contributed by atoms with van der Waals surface area (Å²) in [6.07, 6.45) is 2.25. The number of nitro benzene ring substituents is 1. The minimum atomic E-state index is -0.622. The van der Waals surface area contributed by atoms with Crippen molar-refractivity contribution in [2.75, 3.05) is 32.1 Å². The molecule has 26 heavy (non-hydrogen) atoms. The molecule has 1 aliphatic heterocycles. The van der Waals surface area contributed by atoms with E-state index in [0.717, 1.165) is 43.3 Å². The summed E-state index contributed by atoms with van der Waals surface area (Å²) in [5.74, 6) is 0.169. The summed E-state index contributed by atoms with van der Waals surface area (Å²) in [5, 5.41) is 14.4. The van der Waals surface area contributed by atoms with E-state index in [1.54, 1.807) is 7.11 Å². The standard InChI is InChI=1S/C19H22FN3O3/c1-26-19-7-3-2-6-15(19)18(22-10-4-5-11-22)13-21-16-9-8-14(20)12-17(16)23(24)25/h2-3,6-9,12,18,21H,4-5,10-11,13H2,1H3. The molecule has 1 atom stereocenters. The van der Waals surface area contributed by atoms with Crippen LogP contribution in [-0.2, 0) is 0 Å². The summed E-state index contributed by atoms with van der Waals surface area (Å²) < 4.78 is 18.9. The van der Waals surface area contributed by atoms with E-state index < -0.39 is 10.7 Å². The van der Waals surface area contributed by atoms with Gasteiger partial charge in [-0.05, 0) is 44.1 Å². The van der Waals surface area contributed by atoms with Gasteiger partial charge in [0.25, 0.3) is 5.69 Å². The molecule has 1 saturated heterocycles. The maximum atomic E-state index is 13.4. The van der Waals surface area contributed by atoms with Crippen LogP contribution in [-0.4, -0.2) is 36.6 Å². The molecule has 0 aromatic heterocycles. The zero-order valence-electron chi connectivity index (χ0n) is 14.7. The monoisotopic (exact) mass is 359 g/mol. The lowest BCUT2D eigenvalue weighted by Crippen LogP contribution is -2.31. The third-order valence-electron chi connectivity index (χ3n) is 4.72. The van der Waals surface area contributed by atoms with Crippen LogP contribution in [0, 0.1) is 15.9 Å². The Morgan fingerprint density at radius 2 is 2.00 bits per heavy atom. The van der Waals surface area contributed by atoms with Gasteiger partial charge in [0.05, 0.1) is 24.1 Å². The Hall–Kier alpha value is -2.67. The second-order valence-corrected chi connectivity index (χ2v) is 6.30. The molecule has 2 aromatic carbocycles. The number of para-hydroxylation sites is 1. The fourth-order valence-corrected chi connectivity index (χ4v) is 3.44. The third-order valence-corrected chi connectivity index (χ3v) is 4.72. The summed E-state index contributed by atoms with van der Waals surface area (Å²) in [6, 6.07) is 11.4. The Morgan fingerprint density at radius 3 is 2.69 bits per heavy atom. The summed E-state index contributed by atoms with van der Waals surface area (Å²) in [5.41, 5.74) is 1.09. The molecular formula is C19H22FN3O3. The van der Waals surface area contributed by atoms with Crippen molar-refractivity contribution in [1.82, 2.24) is 4.90 Å². The summed E-state index contributed by atoms with van der Waals surface area (Å²) in [6.45, 7) is 2.40. The number of anilines is 1. The van der Waals surface area contributed by atoms with Gasteiger partial charge < -0.3 is 10.1 Å². The molecule has 1 N–H and O–H groups in total. The van der Waals surface area contributed by atoms with Crippen LogP contribution in [0.2, 0.25) is 0 Å². The van der Waals surface area contributed by atoms with Crippen molar-refractivity contribution in [3.63, 3.8) is 0 Å². The van der Waals surface area contributed by atoms with Crippen molar-refractivity contribution in [2.45, 2.75) is 18.9 Å². The van der Waals surface area contributed by atoms with Gasteiger partial charge in [-0.2, -0.15) is 0 Å². The number of ether oxygens (including phenoxy) is 1. The molecular weight excluding hydrogens is 337 g/mol. The molecule has 0 amide bonds. The van der Waals surface area contributed by atoms with Gasteiger partial charge >= 0.3 is 0 Å². The molecule has 1 unspecified atom stereocenters. The number of rotatable bonds is 7. The SMILES string of the molecule is COc1ccccc1C(CNc1ccc(F)cc1[N+](=O)[O-])N1CCCC1. The average Bonchev–Trinajstić information content (AvgIpc) is 3.17. The van der Waals surface area contributed by atoms with Gasteiger partial charge in [0.15, 0.2) is 0 Å². The first-order valence-electron chi connectivity index (χ1n) is 8.65. The normalized spacial score (nSPS) is 15.6. The molecule has 0 spiro atoms. The van der Waals surface area contributed by atoms with E-state index in [9.17, 15) is 14.5 Å². The number of nitrogens with zero attached hydrogens (tertiary/aromatic N) is 2. The quantitative estimate of drug-likeness (QED) is 0.598. The molecule has 1 heterocycles. The summed E-state index contributed by atoms with van der Waals surface area (Å²) in [7, 11) is 1.64. The van der Waals surface area contributed by atoms with E-state index in [2.05, 4.69) is 10.2 Å². The van der Waals surface area contributed by atoms with Crippen LogP contribution >= 0.6 is 0 Å². The van der Waals surface area contributed by atoms with Gasteiger partial charge in [-0.3, -0.25) is 15.0 Å². The van der Waals surface area contributed by atoms with Crippen LogP contribution in [0.4, 0.5) is 15.8 Å². The van der Waals surface area contributed by atoms with E-state index in [-0.39, 0.29) is 11.7 Å². The van der Waals surface area contributed by atoms with Gasteiger partial charge in [-0.1, -0.05) is 18.2 Å². The summed E-state index contributed by atoms with van der Waals surface area (Å²) >= 11 is 0. The van der Waals surface area contributed by atoms with Crippen molar-refractivity contribution in [3.8, 4) is 5.75 Å². The smallest absolute Gasteiger partial charge is 0.295 e. The number of likely N-dealkylation sites (tertiary alicyclic amines) is 1. The number of nitrogens with one attached hydrogen (secondary N) is 1. The highest BCUT2D eigenvalue weighted by molar-refractivity contribution is 5.61. The van der Waals surface area contributed by atoms with Gasteiger partial charge in [-0.25, -0.2) is 4.39 Å². The molecule has 7 heteroatoms. The predicted molar refractivity (Wildman–Crippen MR) is 98.1 cm³/mol. The van der Waals surface area contributed by atoms with Crippen molar-refractivity contribution in [1.29, 1.82) is 0 Å². The maximum absolute atomic E-state index is 13.4. The number of benzene rings is 2. The highest BCUT2D eigenvalue weighted by Crippen LogP contribution is 2.33. The Bertz CT molecular complexity index is 778. The Balaban J connectivity index is 1.87. The molecule has 6 nitrogen and oxygen atoms in total. The molecule has 0 aliphatic carbocycles.